The molecule has 5 heteroatoms. The molecule has 1 N–H and O–H groups in total. The van der Waals surface area contributed by atoms with E-state index in [0.717, 1.165) is 30.1 Å². The maximum atomic E-state index is 10.2. The van der Waals surface area contributed by atoms with Crippen LogP contribution >= 0.6 is 11.5 Å². The molecule has 0 atom stereocenters. The molecule has 0 spiro atoms. The van der Waals surface area contributed by atoms with E-state index in [1.54, 1.807) is 0 Å². The van der Waals surface area contributed by atoms with Crippen LogP contribution in [-0.4, -0.2) is 20.7 Å². The van der Waals surface area contributed by atoms with Gasteiger partial charge in [-0.2, -0.15) is 0 Å². The van der Waals surface area contributed by atoms with E-state index in [-0.39, 0.29) is 0 Å². The quantitative estimate of drug-likeness (QED) is 0.714. The number of aliphatic carboxylic acids is 1. The third-order valence-electron chi connectivity index (χ3n) is 1.33. The first-order valence-corrected chi connectivity index (χ1v) is 4.57. The van der Waals surface area contributed by atoms with Gasteiger partial charge in [0.25, 0.3) is 0 Å². The minimum Gasteiger partial charge on any atom is -0.472 e. The average Bonchev–Trinajstić information content (AvgIpc) is 2.49. The zero-order valence-corrected chi connectivity index (χ0v) is 7.89. The summed E-state index contributed by atoms with van der Waals surface area (Å²) >= 11 is 1.13. The summed E-state index contributed by atoms with van der Waals surface area (Å²) in [6.07, 6.45) is 1.74. The number of carboxylic acid groups (broad SMARTS) is 1. The third kappa shape index (κ3) is 2.84. The van der Waals surface area contributed by atoms with E-state index in [2.05, 4.69) is 15.5 Å². The van der Waals surface area contributed by atoms with Crippen LogP contribution in [0.2, 0.25) is 0 Å². The highest BCUT2D eigenvalue weighted by atomic mass is 32.1. The molecule has 1 aromatic heterocycles. The van der Waals surface area contributed by atoms with Crippen molar-refractivity contribution in [3.05, 3.63) is 10.6 Å². The molecule has 68 valence electrons. The molecular weight excluding hydrogens is 188 g/mol. The van der Waals surface area contributed by atoms with Gasteiger partial charge >= 0.3 is 5.97 Å². The Morgan fingerprint density at radius 3 is 3.08 bits per heavy atom. The summed E-state index contributed by atoms with van der Waals surface area (Å²) in [5.74, 6) is 3.44. The lowest BCUT2D eigenvalue weighted by Gasteiger charge is -1.88. The molecule has 0 unspecified atom stereocenters. The first kappa shape index (κ1) is 9.68. The van der Waals surface area contributed by atoms with Crippen LogP contribution in [0, 0.1) is 11.8 Å². The Kier molecular flexibility index (Phi) is 3.41. The van der Waals surface area contributed by atoms with E-state index in [0.29, 0.717) is 4.88 Å². The van der Waals surface area contributed by atoms with Crippen molar-refractivity contribution < 1.29 is 9.90 Å². The molecule has 0 amide bonds. The maximum absolute atomic E-state index is 10.2. The van der Waals surface area contributed by atoms with Crippen molar-refractivity contribution in [3.8, 4) is 11.8 Å². The highest BCUT2D eigenvalue weighted by molar-refractivity contribution is 7.06. The fourth-order valence-corrected chi connectivity index (χ4v) is 1.38. The molecule has 0 aliphatic heterocycles. The lowest BCUT2D eigenvalue weighted by atomic mass is 10.2. The molecule has 0 aromatic carbocycles. The standard InChI is InChI=1S/C8H8N2O2S/c1-2-3-6-7(13-10-9-6)4-5-8(11)12/h2-3H2,1H3,(H,11,12). The maximum Gasteiger partial charge on any atom is 0.382 e. The Labute approximate surface area is 79.8 Å². The van der Waals surface area contributed by atoms with Crippen molar-refractivity contribution in [1.82, 2.24) is 9.59 Å². The molecule has 1 rings (SSSR count). The topological polar surface area (TPSA) is 63.1 Å². The summed E-state index contributed by atoms with van der Waals surface area (Å²) in [6.45, 7) is 2.02. The van der Waals surface area contributed by atoms with Gasteiger partial charge in [-0.25, -0.2) is 4.79 Å². The van der Waals surface area contributed by atoms with Gasteiger partial charge in [-0.3, -0.25) is 0 Å². The number of hydrogen-bond acceptors (Lipinski definition) is 4. The van der Waals surface area contributed by atoms with Crippen molar-refractivity contribution >= 4 is 17.5 Å². The van der Waals surface area contributed by atoms with E-state index < -0.39 is 5.97 Å². The second-order valence-electron chi connectivity index (χ2n) is 2.35. The fourth-order valence-electron chi connectivity index (χ4n) is 0.814. The van der Waals surface area contributed by atoms with Gasteiger partial charge in [-0.15, -0.1) is 5.10 Å². The molecule has 1 heterocycles. The zero-order valence-electron chi connectivity index (χ0n) is 7.07. The predicted octanol–water partition coefficient (Wildman–Crippen LogP) is 0.927. The van der Waals surface area contributed by atoms with Crippen LogP contribution in [-0.2, 0) is 11.2 Å². The van der Waals surface area contributed by atoms with Crippen LogP contribution in [0.5, 0.6) is 0 Å². The van der Waals surface area contributed by atoms with E-state index >= 15 is 0 Å². The Balaban J connectivity index is 2.83. The molecule has 4 nitrogen and oxygen atoms in total. The van der Waals surface area contributed by atoms with Gasteiger partial charge < -0.3 is 5.11 Å². The second-order valence-corrected chi connectivity index (χ2v) is 3.11. The second kappa shape index (κ2) is 4.58. The molecule has 13 heavy (non-hydrogen) atoms. The van der Waals surface area contributed by atoms with Crippen molar-refractivity contribution in [2.75, 3.05) is 0 Å². The van der Waals surface area contributed by atoms with Crippen LogP contribution in [0.25, 0.3) is 0 Å². The van der Waals surface area contributed by atoms with Crippen molar-refractivity contribution in [3.63, 3.8) is 0 Å². The van der Waals surface area contributed by atoms with Gasteiger partial charge in [0, 0.05) is 5.92 Å². The normalized spacial score (nSPS) is 9.00. The minimum atomic E-state index is -1.13. The van der Waals surface area contributed by atoms with Crippen molar-refractivity contribution in [2.45, 2.75) is 19.8 Å². The molecule has 0 aliphatic carbocycles. The highest BCUT2D eigenvalue weighted by Crippen LogP contribution is 2.10. The number of nitrogens with zero attached hydrogens (tertiary/aromatic N) is 2. The fraction of sp³-hybridized carbons (Fsp3) is 0.375. The molecule has 0 fully saturated rings. The number of aryl methyl sites for hydroxylation is 1. The summed E-state index contributed by atoms with van der Waals surface area (Å²) in [5, 5.41) is 12.2. The van der Waals surface area contributed by atoms with Crippen LogP contribution in [0.1, 0.15) is 23.9 Å². The molecule has 0 saturated heterocycles. The first-order valence-electron chi connectivity index (χ1n) is 3.80. The number of aromatic nitrogens is 2. The van der Waals surface area contributed by atoms with Crippen molar-refractivity contribution in [1.29, 1.82) is 0 Å². The minimum absolute atomic E-state index is 0.657. The van der Waals surface area contributed by atoms with Crippen LogP contribution in [0.15, 0.2) is 0 Å². The summed E-state index contributed by atoms with van der Waals surface area (Å²) in [7, 11) is 0. The number of carboxylic acids is 1. The lowest BCUT2D eigenvalue weighted by molar-refractivity contribution is -0.130. The summed E-state index contributed by atoms with van der Waals surface area (Å²) < 4.78 is 3.71. The third-order valence-corrected chi connectivity index (χ3v) is 2.01. The van der Waals surface area contributed by atoms with Crippen LogP contribution < -0.4 is 0 Å². The highest BCUT2D eigenvalue weighted by Gasteiger charge is 2.03. The first-order chi connectivity index (χ1) is 6.24. The largest absolute Gasteiger partial charge is 0.472 e. The SMILES string of the molecule is CCCc1nnsc1C#CC(=O)O. The van der Waals surface area contributed by atoms with Gasteiger partial charge in [0.1, 0.15) is 4.88 Å². The smallest absolute Gasteiger partial charge is 0.382 e. The molecule has 0 saturated carbocycles. The van der Waals surface area contributed by atoms with Gasteiger partial charge in [0.05, 0.1) is 5.69 Å². The zero-order chi connectivity index (χ0) is 9.68. The summed E-state index contributed by atoms with van der Waals surface area (Å²) in [5.41, 5.74) is 0.793. The molecule has 1 aromatic rings. The Morgan fingerprint density at radius 2 is 2.46 bits per heavy atom. The molecule has 0 bridgehead atoms. The van der Waals surface area contributed by atoms with Gasteiger partial charge in [-0.1, -0.05) is 17.8 Å². The van der Waals surface area contributed by atoms with E-state index in [4.69, 9.17) is 5.11 Å². The van der Waals surface area contributed by atoms with Crippen molar-refractivity contribution in [2.24, 2.45) is 0 Å². The van der Waals surface area contributed by atoms with Gasteiger partial charge in [-0.05, 0) is 23.9 Å². The Bertz CT molecular complexity index is 362. The number of carbonyl (C=O) groups is 1. The van der Waals surface area contributed by atoms with Gasteiger partial charge in [0.15, 0.2) is 0 Å². The Hall–Kier alpha value is -1.41. The van der Waals surface area contributed by atoms with Gasteiger partial charge in [0.2, 0.25) is 0 Å². The van der Waals surface area contributed by atoms with Crippen LogP contribution in [0.4, 0.5) is 0 Å². The molecular formula is C8H8N2O2S. The number of hydrogen-bond donors (Lipinski definition) is 1. The van der Waals surface area contributed by atoms with E-state index in [1.807, 2.05) is 12.8 Å². The summed E-state index contributed by atoms with van der Waals surface area (Å²) in [4.78, 5) is 10.8. The predicted molar refractivity (Wildman–Crippen MR) is 48.4 cm³/mol. The molecule has 0 radical (unpaired) electrons. The molecule has 0 aliphatic rings. The monoisotopic (exact) mass is 196 g/mol. The number of rotatable bonds is 2. The average molecular weight is 196 g/mol. The van der Waals surface area contributed by atoms with Crippen LogP contribution in [0.3, 0.4) is 0 Å². The summed E-state index contributed by atoms with van der Waals surface area (Å²) in [6, 6.07) is 0. The lowest BCUT2D eigenvalue weighted by Crippen LogP contribution is -1.89. The van der Waals surface area contributed by atoms with E-state index in [1.165, 1.54) is 0 Å². The van der Waals surface area contributed by atoms with E-state index in [9.17, 15) is 4.79 Å². The Morgan fingerprint density at radius 1 is 1.69 bits per heavy atom.